The number of methoxy groups -OCH3 is 1. The Hall–Kier alpha value is 0.270. The molecule has 0 aromatic carbocycles. The predicted molar refractivity (Wildman–Crippen MR) is 80.2 cm³/mol. The Morgan fingerprint density at radius 2 is 2.28 bits per heavy atom. The van der Waals surface area contributed by atoms with E-state index in [-0.39, 0.29) is 0 Å². The number of fused-ring (bicyclic) bond motifs is 2. The topological polar surface area (TPSA) is 21.3 Å². The summed E-state index contributed by atoms with van der Waals surface area (Å²) in [4.78, 5) is 0. The van der Waals surface area contributed by atoms with Crippen LogP contribution in [0.5, 0.6) is 0 Å². The minimum absolute atomic E-state index is 0.624. The maximum atomic E-state index is 5.13. The Bertz CT molecular complexity index is 249. The maximum absolute atomic E-state index is 5.13. The monoisotopic (exact) mass is 271 g/mol. The van der Waals surface area contributed by atoms with E-state index < -0.39 is 0 Å². The number of ether oxygens (including phenoxy) is 1. The molecule has 0 amide bonds. The van der Waals surface area contributed by atoms with Crippen molar-refractivity contribution in [2.75, 3.05) is 38.3 Å². The maximum Gasteiger partial charge on any atom is 0.0587 e. The molecule has 2 fully saturated rings. The summed E-state index contributed by atoms with van der Waals surface area (Å²) in [7, 11) is 1.78. The molecule has 2 aliphatic carbocycles. The van der Waals surface area contributed by atoms with Gasteiger partial charge >= 0.3 is 0 Å². The van der Waals surface area contributed by atoms with Gasteiger partial charge in [-0.2, -0.15) is 11.8 Å². The first-order valence-electron chi connectivity index (χ1n) is 7.58. The molecule has 2 nitrogen and oxygen atoms in total. The molecule has 3 unspecified atom stereocenters. The van der Waals surface area contributed by atoms with E-state index >= 15 is 0 Å². The fourth-order valence-corrected chi connectivity index (χ4v) is 4.94. The molecule has 0 aliphatic heterocycles. The van der Waals surface area contributed by atoms with Gasteiger partial charge in [0.1, 0.15) is 0 Å². The lowest BCUT2D eigenvalue weighted by Gasteiger charge is -2.38. The zero-order valence-corrected chi connectivity index (χ0v) is 12.9. The number of rotatable bonds is 9. The second-order valence-electron chi connectivity index (χ2n) is 6.06. The van der Waals surface area contributed by atoms with E-state index in [4.69, 9.17) is 4.74 Å². The van der Waals surface area contributed by atoms with Gasteiger partial charge in [-0.15, -0.1) is 0 Å². The van der Waals surface area contributed by atoms with Crippen LogP contribution in [0.2, 0.25) is 0 Å². The van der Waals surface area contributed by atoms with E-state index in [0.717, 1.165) is 25.0 Å². The van der Waals surface area contributed by atoms with E-state index in [2.05, 4.69) is 24.0 Å². The summed E-state index contributed by atoms with van der Waals surface area (Å²) in [6, 6.07) is 0. The normalized spacial score (nSPS) is 34.3. The molecule has 0 saturated heterocycles. The van der Waals surface area contributed by atoms with Crippen LogP contribution in [0.25, 0.3) is 0 Å². The summed E-state index contributed by atoms with van der Waals surface area (Å²) >= 11 is 2.11. The molecule has 3 heteroatoms. The molecule has 2 bridgehead atoms. The molecular weight excluding hydrogens is 242 g/mol. The second kappa shape index (κ2) is 7.16. The number of thioether (sulfide) groups is 1. The average molecular weight is 271 g/mol. The van der Waals surface area contributed by atoms with Gasteiger partial charge in [0, 0.05) is 20.2 Å². The number of hydrogen-bond acceptors (Lipinski definition) is 3. The molecular formula is C15H29NOS. The van der Waals surface area contributed by atoms with E-state index in [0.29, 0.717) is 5.41 Å². The first kappa shape index (κ1) is 14.7. The molecule has 0 aromatic rings. The molecule has 106 valence electrons. The van der Waals surface area contributed by atoms with Gasteiger partial charge in [-0.3, -0.25) is 0 Å². The van der Waals surface area contributed by atoms with Crippen molar-refractivity contribution in [2.45, 2.75) is 39.0 Å². The first-order valence-corrected chi connectivity index (χ1v) is 8.73. The predicted octanol–water partition coefficient (Wildman–Crippen LogP) is 3.17. The van der Waals surface area contributed by atoms with E-state index in [1.165, 1.54) is 50.2 Å². The molecule has 2 saturated carbocycles. The molecule has 0 heterocycles. The SMILES string of the molecule is CCSCCC1(CNCCOC)CC2CCC1C2. The van der Waals surface area contributed by atoms with Gasteiger partial charge < -0.3 is 10.1 Å². The largest absolute Gasteiger partial charge is 0.383 e. The zero-order valence-electron chi connectivity index (χ0n) is 12.0. The van der Waals surface area contributed by atoms with Gasteiger partial charge in [-0.25, -0.2) is 0 Å². The molecule has 18 heavy (non-hydrogen) atoms. The molecule has 0 aromatic heterocycles. The van der Waals surface area contributed by atoms with Crippen molar-refractivity contribution < 1.29 is 4.74 Å². The average Bonchev–Trinajstić information content (AvgIpc) is 2.96. The highest BCUT2D eigenvalue weighted by Crippen LogP contribution is 2.57. The van der Waals surface area contributed by atoms with Crippen molar-refractivity contribution in [3.8, 4) is 0 Å². The van der Waals surface area contributed by atoms with Crippen LogP contribution >= 0.6 is 11.8 Å². The lowest BCUT2D eigenvalue weighted by atomic mass is 9.71. The van der Waals surface area contributed by atoms with Crippen molar-refractivity contribution in [3.05, 3.63) is 0 Å². The van der Waals surface area contributed by atoms with Crippen LogP contribution in [0, 0.1) is 17.3 Å². The highest BCUT2D eigenvalue weighted by molar-refractivity contribution is 7.99. The van der Waals surface area contributed by atoms with Crippen LogP contribution in [0.4, 0.5) is 0 Å². The van der Waals surface area contributed by atoms with Crippen molar-refractivity contribution in [1.82, 2.24) is 5.32 Å². The molecule has 3 atom stereocenters. The van der Waals surface area contributed by atoms with E-state index in [1.54, 1.807) is 7.11 Å². The summed E-state index contributed by atoms with van der Waals surface area (Å²) in [5, 5.41) is 3.65. The van der Waals surface area contributed by atoms with Crippen LogP contribution in [-0.4, -0.2) is 38.3 Å². The molecule has 0 spiro atoms. The Balaban J connectivity index is 1.82. The fourth-order valence-electron chi connectivity index (χ4n) is 4.10. The Morgan fingerprint density at radius 1 is 1.39 bits per heavy atom. The third-order valence-corrected chi connectivity index (χ3v) is 5.91. The standard InChI is InChI=1S/C15H29NOS/c1-3-18-9-6-15(12-16-7-8-17-2)11-13-4-5-14(15)10-13/h13-14,16H,3-12H2,1-2H3. The molecule has 2 rings (SSSR count). The summed E-state index contributed by atoms with van der Waals surface area (Å²) in [5.41, 5.74) is 0.624. The Kier molecular flexibility index (Phi) is 5.84. The molecule has 0 radical (unpaired) electrons. The highest BCUT2D eigenvalue weighted by Gasteiger charge is 2.49. The van der Waals surface area contributed by atoms with Crippen LogP contribution < -0.4 is 5.32 Å². The summed E-state index contributed by atoms with van der Waals surface area (Å²) < 4.78 is 5.13. The number of hydrogen-bond donors (Lipinski definition) is 1. The van der Waals surface area contributed by atoms with E-state index in [1.807, 2.05) is 0 Å². The van der Waals surface area contributed by atoms with Gasteiger partial charge in [-0.1, -0.05) is 13.3 Å². The van der Waals surface area contributed by atoms with Crippen molar-refractivity contribution in [2.24, 2.45) is 17.3 Å². The van der Waals surface area contributed by atoms with Crippen LogP contribution in [-0.2, 0) is 4.74 Å². The first-order chi connectivity index (χ1) is 8.80. The lowest BCUT2D eigenvalue weighted by molar-refractivity contribution is 0.141. The van der Waals surface area contributed by atoms with E-state index in [9.17, 15) is 0 Å². The van der Waals surface area contributed by atoms with Gasteiger partial charge in [0.15, 0.2) is 0 Å². The van der Waals surface area contributed by atoms with Gasteiger partial charge in [-0.05, 0) is 54.4 Å². The summed E-state index contributed by atoms with van der Waals surface area (Å²) in [6.07, 6.45) is 7.43. The third kappa shape index (κ3) is 3.43. The van der Waals surface area contributed by atoms with Crippen LogP contribution in [0.3, 0.4) is 0 Å². The zero-order chi connectivity index (χ0) is 12.8. The highest BCUT2D eigenvalue weighted by atomic mass is 32.2. The fraction of sp³-hybridized carbons (Fsp3) is 1.00. The minimum Gasteiger partial charge on any atom is -0.383 e. The van der Waals surface area contributed by atoms with Gasteiger partial charge in [0.05, 0.1) is 6.61 Å². The minimum atomic E-state index is 0.624. The van der Waals surface area contributed by atoms with Crippen LogP contribution in [0.1, 0.15) is 39.0 Å². The second-order valence-corrected chi connectivity index (χ2v) is 7.45. The van der Waals surface area contributed by atoms with Gasteiger partial charge in [0.25, 0.3) is 0 Å². The van der Waals surface area contributed by atoms with Crippen LogP contribution in [0.15, 0.2) is 0 Å². The summed E-state index contributed by atoms with van der Waals surface area (Å²) in [5.74, 6) is 4.67. The smallest absolute Gasteiger partial charge is 0.0587 e. The van der Waals surface area contributed by atoms with Crippen molar-refractivity contribution in [1.29, 1.82) is 0 Å². The Morgan fingerprint density at radius 3 is 2.89 bits per heavy atom. The van der Waals surface area contributed by atoms with Gasteiger partial charge in [0.2, 0.25) is 0 Å². The quantitative estimate of drug-likeness (QED) is 0.651. The summed E-state index contributed by atoms with van der Waals surface area (Å²) in [6.45, 7) is 5.35. The Labute approximate surface area is 117 Å². The van der Waals surface area contributed by atoms with Crippen molar-refractivity contribution >= 4 is 11.8 Å². The van der Waals surface area contributed by atoms with Crippen molar-refractivity contribution in [3.63, 3.8) is 0 Å². The lowest BCUT2D eigenvalue weighted by Crippen LogP contribution is -2.40. The number of nitrogens with one attached hydrogen (secondary N) is 1. The third-order valence-electron chi connectivity index (χ3n) is 5.01. The molecule has 2 aliphatic rings. The molecule has 1 N–H and O–H groups in total.